The van der Waals surface area contributed by atoms with Crippen LogP contribution in [0.5, 0.6) is 0 Å². The van der Waals surface area contributed by atoms with Gasteiger partial charge in [0, 0.05) is 32.8 Å². The molecule has 2 rings (SSSR count). The maximum Gasteiger partial charge on any atom is 0.268 e. The molecule has 20 heavy (non-hydrogen) atoms. The summed E-state index contributed by atoms with van der Waals surface area (Å²) < 4.78 is 1.37. The Balaban J connectivity index is 2.09. The van der Waals surface area contributed by atoms with Crippen molar-refractivity contribution in [3.05, 3.63) is 58.5 Å². The molecule has 0 spiro atoms. The van der Waals surface area contributed by atoms with E-state index in [0.29, 0.717) is 13.0 Å². The van der Waals surface area contributed by atoms with Crippen LogP contribution in [-0.2, 0) is 13.1 Å². The van der Waals surface area contributed by atoms with Crippen molar-refractivity contribution in [3.8, 4) is 0 Å². The molecule has 106 valence electrons. The van der Waals surface area contributed by atoms with E-state index < -0.39 is 0 Å². The highest BCUT2D eigenvalue weighted by Gasteiger charge is 2.05. The Labute approximate surface area is 118 Å². The standard InChI is InChI=1S/C15H19N3O2/c1-17(12-13-6-3-2-4-7-13)14-10-15(20)18(16-11-14)8-5-9-19/h2-4,6-7,10-11,19H,5,8-9,12H2,1H3. The van der Waals surface area contributed by atoms with Crippen LogP contribution in [0.15, 0.2) is 47.4 Å². The minimum atomic E-state index is -0.143. The van der Waals surface area contributed by atoms with Crippen LogP contribution in [0.4, 0.5) is 5.69 Å². The van der Waals surface area contributed by atoms with Gasteiger partial charge in [0.1, 0.15) is 0 Å². The minimum absolute atomic E-state index is 0.0593. The third-order valence-corrected chi connectivity index (χ3v) is 3.09. The topological polar surface area (TPSA) is 58.4 Å². The van der Waals surface area contributed by atoms with Gasteiger partial charge in [-0.2, -0.15) is 5.10 Å². The van der Waals surface area contributed by atoms with Gasteiger partial charge in [-0.15, -0.1) is 0 Å². The molecule has 0 radical (unpaired) electrons. The van der Waals surface area contributed by atoms with E-state index in [-0.39, 0.29) is 12.2 Å². The van der Waals surface area contributed by atoms with Crippen LogP contribution in [0, 0.1) is 0 Å². The second kappa shape index (κ2) is 6.86. The van der Waals surface area contributed by atoms with Crippen molar-refractivity contribution in [2.24, 2.45) is 0 Å². The predicted octanol–water partition coefficient (Wildman–Crippen LogP) is 1.26. The number of hydrogen-bond acceptors (Lipinski definition) is 4. The highest BCUT2D eigenvalue weighted by atomic mass is 16.3. The largest absolute Gasteiger partial charge is 0.396 e. The van der Waals surface area contributed by atoms with Crippen LogP contribution < -0.4 is 10.5 Å². The van der Waals surface area contributed by atoms with Gasteiger partial charge in [0.25, 0.3) is 5.56 Å². The molecular formula is C15H19N3O2. The molecule has 1 heterocycles. The van der Waals surface area contributed by atoms with E-state index in [1.807, 2.05) is 42.3 Å². The molecule has 5 heteroatoms. The smallest absolute Gasteiger partial charge is 0.268 e. The van der Waals surface area contributed by atoms with Crippen molar-refractivity contribution in [3.63, 3.8) is 0 Å². The molecule has 0 bridgehead atoms. The first-order valence-electron chi connectivity index (χ1n) is 6.64. The Morgan fingerprint density at radius 1 is 1.30 bits per heavy atom. The minimum Gasteiger partial charge on any atom is -0.396 e. The van der Waals surface area contributed by atoms with Crippen LogP contribution in [0.25, 0.3) is 0 Å². The monoisotopic (exact) mass is 273 g/mol. The lowest BCUT2D eigenvalue weighted by Gasteiger charge is -2.19. The first-order chi connectivity index (χ1) is 9.70. The predicted molar refractivity (Wildman–Crippen MR) is 78.7 cm³/mol. The summed E-state index contributed by atoms with van der Waals surface area (Å²) >= 11 is 0. The van der Waals surface area contributed by atoms with Crippen LogP contribution in [-0.4, -0.2) is 28.5 Å². The zero-order chi connectivity index (χ0) is 14.4. The summed E-state index contributed by atoms with van der Waals surface area (Å²) in [7, 11) is 1.93. The summed E-state index contributed by atoms with van der Waals surface area (Å²) in [6.45, 7) is 1.23. The van der Waals surface area contributed by atoms with Crippen molar-refractivity contribution in [1.29, 1.82) is 0 Å². The van der Waals surface area contributed by atoms with E-state index in [1.54, 1.807) is 12.3 Å². The van der Waals surface area contributed by atoms with Gasteiger partial charge in [-0.1, -0.05) is 30.3 Å². The molecule has 0 saturated heterocycles. The van der Waals surface area contributed by atoms with Crippen LogP contribution in [0.1, 0.15) is 12.0 Å². The number of nitrogens with zero attached hydrogens (tertiary/aromatic N) is 3. The van der Waals surface area contributed by atoms with Gasteiger partial charge in [-0.05, 0) is 12.0 Å². The summed E-state index contributed by atoms with van der Waals surface area (Å²) in [4.78, 5) is 13.9. The first-order valence-corrected chi connectivity index (χ1v) is 6.64. The van der Waals surface area contributed by atoms with Gasteiger partial charge in [0.15, 0.2) is 0 Å². The molecule has 0 atom stereocenters. The fraction of sp³-hybridized carbons (Fsp3) is 0.333. The lowest BCUT2D eigenvalue weighted by molar-refractivity contribution is 0.275. The van der Waals surface area contributed by atoms with E-state index in [4.69, 9.17) is 5.11 Å². The van der Waals surface area contributed by atoms with E-state index in [1.165, 1.54) is 10.2 Å². The van der Waals surface area contributed by atoms with E-state index in [9.17, 15) is 4.79 Å². The normalized spacial score (nSPS) is 10.5. The maximum atomic E-state index is 11.9. The van der Waals surface area contributed by atoms with Crippen molar-refractivity contribution in [2.45, 2.75) is 19.5 Å². The average Bonchev–Trinajstić information content (AvgIpc) is 2.47. The molecule has 5 nitrogen and oxygen atoms in total. The van der Waals surface area contributed by atoms with Crippen LogP contribution >= 0.6 is 0 Å². The van der Waals surface area contributed by atoms with Gasteiger partial charge in [0.2, 0.25) is 0 Å². The number of aliphatic hydroxyl groups is 1. The lowest BCUT2D eigenvalue weighted by atomic mass is 10.2. The highest BCUT2D eigenvalue weighted by Crippen LogP contribution is 2.11. The number of benzene rings is 1. The summed E-state index contributed by atoms with van der Waals surface area (Å²) in [6.07, 6.45) is 2.22. The van der Waals surface area contributed by atoms with Crippen LogP contribution in [0.3, 0.4) is 0 Å². The summed E-state index contributed by atoms with van der Waals surface area (Å²) in [6, 6.07) is 11.6. The first kappa shape index (κ1) is 14.3. The highest BCUT2D eigenvalue weighted by molar-refractivity contribution is 5.42. The molecule has 0 amide bonds. The van der Waals surface area contributed by atoms with Gasteiger partial charge in [-0.25, -0.2) is 4.68 Å². The van der Waals surface area contributed by atoms with Gasteiger partial charge >= 0.3 is 0 Å². The zero-order valence-electron chi connectivity index (χ0n) is 11.6. The molecule has 0 aliphatic rings. The number of anilines is 1. The summed E-state index contributed by atoms with van der Waals surface area (Å²) in [5.41, 5.74) is 1.83. The fourth-order valence-electron chi connectivity index (χ4n) is 1.97. The lowest BCUT2D eigenvalue weighted by Crippen LogP contribution is -2.25. The van der Waals surface area contributed by atoms with Crippen molar-refractivity contribution >= 4 is 5.69 Å². The average molecular weight is 273 g/mol. The third kappa shape index (κ3) is 3.68. The van der Waals surface area contributed by atoms with E-state index in [2.05, 4.69) is 5.10 Å². The Bertz CT molecular complexity index is 596. The quantitative estimate of drug-likeness (QED) is 0.861. The number of hydrogen-bond donors (Lipinski definition) is 1. The molecular weight excluding hydrogens is 254 g/mol. The van der Waals surface area contributed by atoms with Crippen molar-refractivity contribution in [2.75, 3.05) is 18.6 Å². The maximum absolute atomic E-state index is 11.9. The van der Waals surface area contributed by atoms with E-state index in [0.717, 1.165) is 12.2 Å². The van der Waals surface area contributed by atoms with E-state index >= 15 is 0 Å². The van der Waals surface area contributed by atoms with Crippen molar-refractivity contribution < 1.29 is 5.11 Å². The van der Waals surface area contributed by atoms with Gasteiger partial charge < -0.3 is 10.0 Å². The Morgan fingerprint density at radius 2 is 2.05 bits per heavy atom. The van der Waals surface area contributed by atoms with Crippen molar-refractivity contribution in [1.82, 2.24) is 9.78 Å². The second-order valence-corrected chi connectivity index (χ2v) is 4.69. The number of aryl methyl sites for hydroxylation is 1. The summed E-state index contributed by atoms with van der Waals surface area (Å²) in [5.74, 6) is 0. The molecule has 0 aliphatic carbocycles. The molecule has 1 aromatic carbocycles. The third-order valence-electron chi connectivity index (χ3n) is 3.09. The number of aromatic nitrogens is 2. The number of aliphatic hydroxyl groups excluding tert-OH is 1. The molecule has 1 N–H and O–H groups in total. The summed E-state index contributed by atoms with van der Waals surface area (Å²) in [5, 5.41) is 12.9. The number of rotatable bonds is 6. The molecule has 0 saturated carbocycles. The van der Waals surface area contributed by atoms with Crippen LogP contribution in [0.2, 0.25) is 0 Å². The Morgan fingerprint density at radius 3 is 2.70 bits per heavy atom. The molecule has 0 fully saturated rings. The SMILES string of the molecule is CN(Cc1ccccc1)c1cnn(CCCO)c(=O)c1. The Hall–Kier alpha value is -2.14. The van der Waals surface area contributed by atoms with Gasteiger partial charge in [-0.3, -0.25) is 4.79 Å². The Kier molecular flexibility index (Phi) is 4.90. The molecule has 2 aromatic rings. The second-order valence-electron chi connectivity index (χ2n) is 4.69. The fourth-order valence-corrected chi connectivity index (χ4v) is 1.97. The molecule has 1 aromatic heterocycles. The molecule has 0 aliphatic heterocycles. The zero-order valence-corrected chi connectivity index (χ0v) is 11.6. The molecule has 0 unspecified atom stereocenters. The van der Waals surface area contributed by atoms with Gasteiger partial charge in [0.05, 0.1) is 11.9 Å².